The molecule has 0 heterocycles. The Labute approximate surface area is 94.7 Å². The Morgan fingerprint density at radius 2 is 1.94 bits per heavy atom. The molecule has 0 spiro atoms. The fraction of sp³-hybridized carbons (Fsp3) is 0.400. The molecule has 1 unspecified atom stereocenters. The van der Waals surface area contributed by atoms with Gasteiger partial charge in [0.2, 0.25) is 10.0 Å². The van der Waals surface area contributed by atoms with Crippen molar-refractivity contribution in [3.05, 3.63) is 35.6 Å². The normalized spacial score (nSPS) is 13.7. The zero-order valence-electron chi connectivity index (χ0n) is 8.98. The minimum absolute atomic E-state index is 0.167. The molecule has 0 aromatic heterocycles. The number of halogens is 1. The van der Waals surface area contributed by atoms with E-state index in [1.165, 1.54) is 24.3 Å². The van der Waals surface area contributed by atoms with Crippen molar-refractivity contribution in [3.63, 3.8) is 0 Å². The first kappa shape index (κ1) is 13.1. The first-order chi connectivity index (χ1) is 7.39. The summed E-state index contributed by atoms with van der Waals surface area (Å²) in [6.45, 7) is 1.91. The van der Waals surface area contributed by atoms with E-state index >= 15 is 0 Å². The van der Waals surface area contributed by atoms with Gasteiger partial charge in [-0.05, 0) is 24.6 Å². The van der Waals surface area contributed by atoms with Crippen molar-refractivity contribution in [2.24, 2.45) is 5.73 Å². The molecule has 3 N–H and O–H groups in total. The molecule has 0 radical (unpaired) electrons. The molecule has 90 valence electrons. The Morgan fingerprint density at radius 3 is 2.44 bits per heavy atom. The van der Waals surface area contributed by atoms with Crippen LogP contribution in [0.15, 0.2) is 24.3 Å². The Kier molecular flexibility index (Phi) is 4.40. The van der Waals surface area contributed by atoms with Crippen LogP contribution in [0.2, 0.25) is 0 Å². The van der Waals surface area contributed by atoms with Gasteiger partial charge in [0, 0.05) is 12.6 Å². The fourth-order valence-corrected chi connectivity index (χ4v) is 2.36. The summed E-state index contributed by atoms with van der Waals surface area (Å²) in [7, 11) is -3.39. The van der Waals surface area contributed by atoms with Crippen LogP contribution >= 0.6 is 0 Å². The molecule has 4 nitrogen and oxygen atoms in total. The largest absolute Gasteiger partial charge is 0.327 e. The molecule has 1 aromatic rings. The van der Waals surface area contributed by atoms with Crippen molar-refractivity contribution in [1.82, 2.24) is 4.72 Å². The van der Waals surface area contributed by atoms with Crippen LogP contribution in [0.1, 0.15) is 12.5 Å². The molecule has 0 aliphatic heterocycles. The number of hydrogen-bond acceptors (Lipinski definition) is 3. The second-order valence-electron chi connectivity index (χ2n) is 3.71. The van der Waals surface area contributed by atoms with Crippen molar-refractivity contribution in [3.8, 4) is 0 Å². The van der Waals surface area contributed by atoms with Crippen molar-refractivity contribution >= 4 is 10.0 Å². The van der Waals surface area contributed by atoms with E-state index in [4.69, 9.17) is 5.73 Å². The van der Waals surface area contributed by atoms with Crippen LogP contribution in [0.25, 0.3) is 0 Å². The predicted octanol–water partition coefficient (Wildman–Crippen LogP) is 0.592. The van der Waals surface area contributed by atoms with Gasteiger partial charge in [0.15, 0.2) is 0 Å². The quantitative estimate of drug-likeness (QED) is 0.798. The monoisotopic (exact) mass is 246 g/mol. The summed E-state index contributed by atoms with van der Waals surface area (Å²) in [5, 5.41) is 0. The van der Waals surface area contributed by atoms with Gasteiger partial charge in [-0.1, -0.05) is 12.1 Å². The Bertz CT molecular complexity index is 429. The molecular weight excluding hydrogens is 231 g/mol. The lowest BCUT2D eigenvalue weighted by atomic mass is 10.2. The number of rotatable bonds is 5. The lowest BCUT2D eigenvalue weighted by Gasteiger charge is -2.08. The van der Waals surface area contributed by atoms with Crippen LogP contribution in [0.4, 0.5) is 4.39 Å². The highest BCUT2D eigenvalue weighted by molar-refractivity contribution is 7.88. The zero-order chi connectivity index (χ0) is 12.2. The summed E-state index contributed by atoms with van der Waals surface area (Å²) < 4.78 is 38.0. The lowest BCUT2D eigenvalue weighted by molar-refractivity contribution is 0.573. The van der Waals surface area contributed by atoms with Crippen LogP contribution < -0.4 is 10.5 Å². The van der Waals surface area contributed by atoms with Gasteiger partial charge in [-0.2, -0.15) is 0 Å². The third-order valence-corrected chi connectivity index (χ3v) is 3.22. The SMILES string of the molecule is CC(N)CNS(=O)(=O)Cc1ccc(F)cc1. The summed E-state index contributed by atoms with van der Waals surface area (Å²) in [5.41, 5.74) is 5.98. The van der Waals surface area contributed by atoms with E-state index in [0.29, 0.717) is 5.56 Å². The third kappa shape index (κ3) is 4.69. The Morgan fingerprint density at radius 1 is 1.38 bits per heavy atom. The zero-order valence-corrected chi connectivity index (χ0v) is 9.80. The van der Waals surface area contributed by atoms with E-state index in [-0.39, 0.29) is 24.2 Å². The molecule has 0 bridgehead atoms. The van der Waals surface area contributed by atoms with E-state index in [9.17, 15) is 12.8 Å². The molecule has 0 amide bonds. The standard InChI is InChI=1S/C10H15FN2O2S/c1-8(12)6-13-16(14,15)7-9-2-4-10(11)5-3-9/h2-5,8,13H,6-7,12H2,1H3. The molecule has 1 aromatic carbocycles. The van der Waals surface area contributed by atoms with Crippen LogP contribution in [0, 0.1) is 5.82 Å². The number of benzene rings is 1. The minimum atomic E-state index is -3.39. The fourth-order valence-electron chi connectivity index (χ4n) is 1.11. The van der Waals surface area contributed by atoms with E-state index < -0.39 is 10.0 Å². The summed E-state index contributed by atoms with van der Waals surface area (Å²) in [6.07, 6.45) is 0. The molecule has 16 heavy (non-hydrogen) atoms. The highest BCUT2D eigenvalue weighted by Crippen LogP contribution is 2.06. The summed E-state index contributed by atoms with van der Waals surface area (Å²) in [6, 6.07) is 5.12. The lowest BCUT2D eigenvalue weighted by Crippen LogP contribution is -2.35. The highest BCUT2D eigenvalue weighted by atomic mass is 32.2. The summed E-state index contributed by atoms with van der Waals surface area (Å²) >= 11 is 0. The van der Waals surface area contributed by atoms with Gasteiger partial charge < -0.3 is 5.73 Å². The first-order valence-electron chi connectivity index (χ1n) is 4.86. The maximum atomic E-state index is 12.6. The van der Waals surface area contributed by atoms with Crippen LogP contribution in [-0.2, 0) is 15.8 Å². The van der Waals surface area contributed by atoms with Gasteiger partial charge in [-0.25, -0.2) is 17.5 Å². The molecule has 0 saturated heterocycles. The third-order valence-electron chi connectivity index (χ3n) is 1.90. The minimum Gasteiger partial charge on any atom is -0.327 e. The number of sulfonamides is 1. The van der Waals surface area contributed by atoms with Gasteiger partial charge >= 0.3 is 0 Å². The smallest absolute Gasteiger partial charge is 0.215 e. The number of nitrogens with two attached hydrogens (primary N) is 1. The molecular formula is C10H15FN2O2S. The molecule has 0 saturated carbocycles. The van der Waals surface area contributed by atoms with E-state index in [1.807, 2.05) is 0 Å². The molecule has 0 aliphatic carbocycles. The maximum Gasteiger partial charge on any atom is 0.215 e. The van der Waals surface area contributed by atoms with Gasteiger partial charge in [0.05, 0.1) is 5.75 Å². The average molecular weight is 246 g/mol. The van der Waals surface area contributed by atoms with E-state index in [1.54, 1.807) is 6.92 Å². The van der Waals surface area contributed by atoms with Gasteiger partial charge in [0.1, 0.15) is 5.82 Å². The second kappa shape index (κ2) is 5.38. The van der Waals surface area contributed by atoms with E-state index in [0.717, 1.165) is 0 Å². The second-order valence-corrected chi connectivity index (χ2v) is 5.52. The van der Waals surface area contributed by atoms with Crippen molar-refractivity contribution in [2.75, 3.05) is 6.54 Å². The van der Waals surface area contributed by atoms with Crippen LogP contribution in [0.3, 0.4) is 0 Å². The topological polar surface area (TPSA) is 72.2 Å². The summed E-state index contributed by atoms with van der Waals surface area (Å²) in [5.74, 6) is -0.551. The Balaban J connectivity index is 2.62. The van der Waals surface area contributed by atoms with Crippen molar-refractivity contribution in [2.45, 2.75) is 18.7 Å². The van der Waals surface area contributed by atoms with Gasteiger partial charge in [0.25, 0.3) is 0 Å². The van der Waals surface area contributed by atoms with Crippen LogP contribution in [-0.4, -0.2) is 21.0 Å². The van der Waals surface area contributed by atoms with Gasteiger partial charge in [-0.3, -0.25) is 0 Å². The van der Waals surface area contributed by atoms with E-state index in [2.05, 4.69) is 4.72 Å². The summed E-state index contributed by atoms with van der Waals surface area (Å²) in [4.78, 5) is 0. The number of hydrogen-bond donors (Lipinski definition) is 2. The van der Waals surface area contributed by atoms with Crippen molar-refractivity contribution < 1.29 is 12.8 Å². The molecule has 6 heteroatoms. The molecule has 1 rings (SSSR count). The molecule has 0 aliphatic rings. The molecule has 1 atom stereocenters. The van der Waals surface area contributed by atoms with Crippen molar-refractivity contribution in [1.29, 1.82) is 0 Å². The Hall–Kier alpha value is -0.980. The average Bonchev–Trinajstić information content (AvgIpc) is 2.19. The molecule has 0 fully saturated rings. The highest BCUT2D eigenvalue weighted by Gasteiger charge is 2.11. The number of nitrogens with one attached hydrogen (secondary N) is 1. The first-order valence-corrected chi connectivity index (χ1v) is 6.51. The predicted molar refractivity (Wildman–Crippen MR) is 60.7 cm³/mol. The maximum absolute atomic E-state index is 12.6. The van der Waals surface area contributed by atoms with Gasteiger partial charge in [-0.15, -0.1) is 0 Å². The van der Waals surface area contributed by atoms with Crippen LogP contribution in [0.5, 0.6) is 0 Å².